The third-order valence-electron chi connectivity index (χ3n) is 4.29. The number of carbonyl (C=O) groups excluding carboxylic acids is 1. The highest BCUT2D eigenvalue weighted by molar-refractivity contribution is 5.94. The third kappa shape index (κ3) is 4.19. The molecule has 1 amide bonds. The summed E-state index contributed by atoms with van der Waals surface area (Å²) >= 11 is 0. The van der Waals surface area contributed by atoms with Gasteiger partial charge in [0, 0.05) is 11.1 Å². The van der Waals surface area contributed by atoms with Gasteiger partial charge < -0.3 is 9.73 Å². The zero-order valence-corrected chi connectivity index (χ0v) is 15.0. The Morgan fingerprint density at radius 1 is 0.828 bits per heavy atom. The molecule has 4 aromatic rings. The molecular weight excluding hydrogens is 376 g/mol. The first kappa shape index (κ1) is 18.5. The lowest BCUT2D eigenvalue weighted by Crippen LogP contribution is -2.29. The van der Waals surface area contributed by atoms with Crippen LogP contribution in [0.15, 0.2) is 83.3 Å². The van der Waals surface area contributed by atoms with Gasteiger partial charge in [-0.05, 0) is 54.1 Å². The molecule has 1 aromatic heterocycles. The zero-order valence-electron chi connectivity index (χ0n) is 15.0. The summed E-state index contributed by atoms with van der Waals surface area (Å²) in [5.74, 6) is -0.873. The van der Waals surface area contributed by atoms with Crippen molar-refractivity contribution < 1.29 is 18.0 Å². The predicted molar refractivity (Wildman–Crippen MR) is 102 cm³/mol. The van der Waals surface area contributed by atoms with Crippen molar-refractivity contribution in [3.8, 4) is 11.5 Å². The van der Waals surface area contributed by atoms with Crippen LogP contribution in [0.2, 0.25) is 0 Å². The minimum Gasteiger partial charge on any atom is -0.418 e. The lowest BCUT2D eigenvalue weighted by Gasteiger charge is -2.16. The lowest BCUT2D eigenvalue weighted by atomic mass is 10.1. The molecule has 1 heterocycles. The van der Waals surface area contributed by atoms with E-state index in [4.69, 9.17) is 4.42 Å². The second-order valence-corrected chi connectivity index (χ2v) is 6.28. The molecule has 1 unspecified atom stereocenters. The molecule has 0 aliphatic rings. The average Bonchev–Trinajstić information content (AvgIpc) is 3.24. The van der Waals surface area contributed by atoms with Crippen LogP contribution in [-0.2, 0) is 0 Å². The Hall–Kier alpha value is -3.87. The third-order valence-corrected chi connectivity index (χ3v) is 4.29. The topological polar surface area (TPSA) is 68.0 Å². The molecule has 144 valence electrons. The number of hydrogen-bond donors (Lipinski definition) is 1. The van der Waals surface area contributed by atoms with Crippen LogP contribution in [0.1, 0.15) is 27.9 Å². The maximum atomic E-state index is 13.4. The SMILES string of the molecule is O=C(NC(c1ccc(F)cc1)c1nnc(-c2ccccc2)o1)c1ccc(F)cc1. The predicted octanol–water partition coefficient (Wildman–Crippen LogP) is 4.53. The van der Waals surface area contributed by atoms with Crippen LogP contribution in [0, 0.1) is 11.6 Å². The average molecular weight is 391 g/mol. The number of halogens is 2. The fourth-order valence-corrected chi connectivity index (χ4v) is 2.81. The highest BCUT2D eigenvalue weighted by atomic mass is 19.1. The van der Waals surface area contributed by atoms with E-state index in [1.54, 1.807) is 0 Å². The van der Waals surface area contributed by atoms with Crippen molar-refractivity contribution in [3.63, 3.8) is 0 Å². The standard InChI is InChI=1S/C22H15F2N3O2/c23-17-10-6-14(7-11-17)19(25-20(28)15-8-12-18(24)13-9-15)22-27-26-21(29-22)16-4-2-1-3-5-16/h1-13,19H,(H,25,28). The fourth-order valence-electron chi connectivity index (χ4n) is 2.81. The first-order chi connectivity index (χ1) is 14.1. The van der Waals surface area contributed by atoms with Gasteiger partial charge >= 0.3 is 0 Å². The summed E-state index contributed by atoms with van der Waals surface area (Å²) in [5, 5.41) is 10.9. The molecule has 0 aliphatic heterocycles. The monoisotopic (exact) mass is 391 g/mol. The fraction of sp³-hybridized carbons (Fsp3) is 0.0455. The summed E-state index contributed by atoms with van der Waals surface area (Å²) in [6.07, 6.45) is 0. The second-order valence-electron chi connectivity index (χ2n) is 6.28. The highest BCUT2D eigenvalue weighted by Gasteiger charge is 2.24. The smallest absolute Gasteiger partial charge is 0.252 e. The maximum Gasteiger partial charge on any atom is 0.252 e. The summed E-state index contributed by atoms with van der Waals surface area (Å²) in [6.45, 7) is 0. The van der Waals surface area contributed by atoms with Crippen molar-refractivity contribution in [1.82, 2.24) is 15.5 Å². The Morgan fingerprint density at radius 2 is 1.45 bits per heavy atom. The van der Waals surface area contributed by atoms with Gasteiger partial charge in [-0.25, -0.2) is 8.78 Å². The van der Waals surface area contributed by atoms with Crippen LogP contribution in [0.5, 0.6) is 0 Å². The largest absolute Gasteiger partial charge is 0.418 e. The van der Waals surface area contributed by atoms with Gasteiger partial charge in [0.25, 0.3) is 5.91 Å². The normalized spacial score (nSPS) is 11.8. The van der Waals surface area contributed by atoms with E-state index in [0.717, 1.165) is 5.56 Å². The number of aromatic nitrogens is 2. The van der Waals surface area contributed by atoms with Crippen LogP contribution < -0.4 is 5.32 Å². The molecule has 1 atom stereocenters. The van der Waals surface area contributed by atoms with E-state index in [-0.39, 0.29) is 11.5 Å². The van der Waals surface area contributed by atoms with E-state index in [2.05, 4.69) is 15.5 Å². The Balaban J connectivity index is 1.67. The number of nitrogens with one attached hydrogen (secondary N) is 1. The molecule has 4 rings (SSSR count). The number of nitrogens with zero attached hydrogens (tertiary/aromatic N) is 2. The van der Waals surface area contributed by atoms with E-state index in [9.17, 15) is 13.6 Å². The van der Waals surface area contributed by atoms with Crippen molar-refractivity contribution in [3.05, 3.63) is 108 Å². The zero-order chi connectivity index (χ0) is 20.2. The molecule has 0 spiro atoms. The number of benzene rings is 3. The number of hydrogen-bond acceptors (Lipinski definition) is 4. The van der Waals surface area contributed by atoms with Gasteiger partial charge in [-0.15, -0.1) is 10.2 Å². The molecule has 0 fully saturated rings. The molecule has 1 N–H and O–H groups in total. The molecule has 0 bridgehead atoms. The number of carbonyl (C=O) groups is 1. The van der Waals surface area contributed by atoms with Gasteiger partial charge in [0.2, 0.25) is 11.8 Å². The minimum absolute atomic E-state index is 0.144. The molecule has 0 saturated heterocycles. The summed E-state index contributed by atoms with van der Waals surface area (Å²) in [4.78, 5) is 12.7. The number of rotatable bonds is 5. The van der Waals surface area contributed by atoms with Crippen LogP contribution in [-0.4, -0.2) is 16.1 Å². The first-order valence-electron chi connectivity index (χ1n) is 8.81. The Bertz CT molecular complexity index is 1110. The molecule has 0 saturated carbocycles. The van der Waals surface area contributed by atoms with Crippen LogP contribution in [0.4, 0.5) is 8.78 Å². The maximum absolute atomic E-state index is 13.4. The van der Waals surface area contributed by atoms with E-state index >= 15 is 0 Å². The minimum atomic E-state index is -0.807. The molecule has 29 heavy (non-hydrogen) atoms. The van der Waals surface area contributed by atoms with Crippen molar-refractivity contribution in [2.24, 2.45) is 0 Å². The van der Waals surface area contributed by atoms with Gasteiger partial charge in [-0.1, -0.05) is 30.3 Å². The molecule has 0 radical (unpaired) electrons. The van der Waals surface area contributed by atoms with Gasteiger partial charge in [0.15, 0.2) is 0 Å². The molecule has 7 heteroatoms. The van der Waals surface area contributed by atoms with E-state index in [1.807, 2.05) is 30.3 Å². The molecule has 0 aliphatic carbocycles. The Kier molecular flexibility index (Phi) is 5.11. The quantitative estimate of drug-likeness (QED) is 0.543. The number of amides is 1. The summed E-state index contributed by atoms with van der Waals surface area (Å²) in [7, 11) is 0. The van der Waals surface area contributed by atoms with E-state index < -0.39 is 23.6 Å². The van der Waals surface area contributed by atoms with Gasteiger partial charge in [-0.3, -0.25) is 4.79 Å². The van der Waals surface area contributed by atoms with Crippen LogP contribution in [0.25, 0.3) is 11.5 Å². The highest BCUT2D eigenvalue weighted by Crippen LogP contribution is 2.25. The van der Waals surface area contributed by atoms with Crippen molar-refractivity contribution in [1.29, 1.82) is 0 Å². The Morgan fingerprint density at radius 3 is 2.10 bits per heavy atom. The van der Waals surface area contributed by atoms with Gasteiger partial charge in [-0.2, -0.15) is 0 Å². The summed E-state index contributed by atoms with van der Waals surface area (Å²) in [5.41, 5.74) is 1.56. The molecular formula is C22H15F2N3O2. The van der Waals surface area contributed by atoms with Gasteiger partial charge in [0.1, 0.15) is 17.7 Å². The summed E-state index contributed by atoms with van der Waals surface area (Å²) in [6, 6.07) is 19.1. The van der Waals surface area contributed by atoms with Crippen molar-refractivity contribution >= 4 is 5.91 Å². The van der Waals surface area contributed by atoms with Crippen molar-refractivity contribution in [2.45, 2.75) is 6.04 Å². The summed E-state index contributed by atoms with van der Waals surface area (Å²) < 4.78 is 32.3. The lowest BCUT2D eigenvalue weighted by molar-refractivity contribution is 0.0938. The van der Waals surface area contributed by atoms with E-state index in [1.165, 1.54) is 48.5 Å². The van der Waals surface area contributed by atoms with Crippen LogP contribution in [0.3, 0.4) is 0 Å². The Labute approximate surface area is 165 Å². The van der Waals surface area contributed by atoms with Crippen molar-refractivity contribution in [2.75, 3.05) is 0 Å². The van der Waals surface area contributed by atoms with E-state index in [0.29, 0.717) is 11.5 Å². The second kappa shape index (κ2) is 8.02. The van der Waals surface area contributed by atoms with Crippen LogP contribution >= 0.6 is 0 Å². The molecule has 3 aromatic carbocycles. The first-order valence-corrected chi connectivity index (χ1v) is 8.81. The molecule has 5 nitrogen and oxygen atoms in total. The van der Waals surface area contributed by atoms with Gasteiger partial charge in [0.05, 0.1) is 0 Å².